The Morgan fingerprint density at radius 1 is 1.11 bits per heavy atom. The molecule has 0 saturated heterocycles. The van der Waals surface area contributed by atoms with E-state index < -0.39 is 0 Å². The summed E-state index contributed by atoms with van der Waals surface area (Å²) in [5.41, 5.74) is 8.69. The van der Waals surface area contributed by atoms with Gasteiger partial charge in [-0.25, -0.2) is 4.98 Å². The van der Waals surface area contributed by atoms with Crippen LogP contribution < -0.4 is 5.73 Å². The minimum atomic E-state index is 0.458. The molecular weight excluding hydrogens is 283 g/mol. The maximum absolute atomic E-state index is 6.08. The maximum atomic E-state index is 6.08. The van der Waals surface area contributed by atoms with Gasteiger partial charge in [-0.2, -0.15) is 0 Å². The van der Waals surface area contributed by atoms with Crippen molar-refractivity contribution < 1.29 is 4.42 Å². The third-order valence-corrected chi connectivity index (χ3v) is 3.35. The molecule has 3 aromatic rings. The highest BCUT2D eigenvalue weighted by Crippen LogP contribution is 2.31. The number of nitrogens with zero attached hydrogens (tertiary/aromatic N) is 1. The molecule has 0 bridgehead atoms. The largest absolute Gasteiger partial charge is 0.435 e. The molecule has 0 aliphatic carbocycles. The molecule has 2 aromatic carbocycles. The molecule has 0 amide bonds. The molecule has 0 atom stereocenters. The van der Waals surface area contributed by atoms with Crippen molar-refractivity contribution >= 4 is 34.3 Å². The first-order valence-corrected chi connectivity index (χ1v) is 6.48. The van der Waals surface area contributed by atoms with Crippen molar-refractivity contribution in [1.29, 1.82) is 0 Å². The molecule has 2 N–H and O–H groups in total. The van der Waals surface area contributed by atoms with Crippen LogP contribution >= 0.6 is 23.2 Å². The zero-order chi connectivity index (χ0) is 13.4. The summed E-state index contributed by atoms with van der Waals surface area (Å²) in [6.07, 6.45) is 0. The molecular formula is C14H10Cl2N2O. The van der Waals surface area contributed by atoms with Crippen LogP contribution in [0.25, 0.3) is 22.6 Å². The van der Waals surface area contributed by atoms with E-state index in [1.54, 1.807) is 12.1 Å². The molecule has 0 radical (unpaired) electrons. The Hall–Kier alpha value is -1.55. The van der Waals surface area contributed by atoms with E-state index in [9.17, 15) is 0 Å². The van der Waals surface area contributed by atoms with E-state index in [2.05, 4.69) is 4.98 Å². The van der Waals surface area contributed by atoms with Gasteiger partial charge in [0.25, 0.3) is 0 Å². The van der Waals surface area contributed by atoms with Crippen molar-refractivity contribution in [2.24, 2.45) is 5.73 Å². The predicted octanol–water partition coefficient (Wildman–Crippen LogP) is 4.26. The topological polar surface area (TPSA) is 52.0 Å². The molecule has 1 aromatic heterocycles. The average Bonchev–Trinajstić information content (AvgIpc) is 2.83. The third-order valence-electron chi connectivity index (χ3n) is 2.85. The van der Waals surface area contributed by atoms with Crippen LogP contribution in [-0.2, 0) is 6.54 Å². The van der Waals surface area contributed by atoms with Crippen molar-refractivity contribution in [1.82, 2.24) is 4.98 Å². The first kappa shape index (κ1) is 12.5. The van der Waals surface area contributed by atoms with Crippen LogP contribution in [-0.4, -0.2) is 4.98 Å². The molecule has 0 aliphatic rings. The number of benzene rings is 2. The molecule has 96 valence electrons. The summed E-state index contributed by atoms with van der Waals surface area (Å²) in [5, 5.41) is 0.996. The fraction of sp³-hybridized carbons (Fsp3) is 0.0714. The second-order valence-corrected chi connectivity index (χ2v) is 5.00. The van der Waals surface area contributed by atoms with Crippen LogP contribution in [0.1, 0.15) is 5.56 Å². The Morgan fingerprint density at radius 2 is 1.84 bits per heavy atom. The smallest absolute Gasteiger partial charge is 0.227 e. The molecule has 1 heterocycles. The van der Waals surface area contributed by atoms with E-state index in [1.165, 1.54) is 0 Å². The SMILES string of the molecule is NCc1ccc(-c2nc3cc(Cl)cc(Cl)c3o2)cc1. The number of aromatic nitrogens is 1. The highest BCUT2D eigenvalue weighted by atomic mass is 35.5. The Bertz CT molecular complexity index is 735. The predicted molar refractivity (Wildman–Crippen MR) is 77.4 cm³/mol. The number of nitrogens with two attached hydrogens (primary N) is 1. The molecule has 0 spiro atoms. The van der Waals surface area contributed by atoms with Gasteiger partial charge in [-0.1, -0.05) is 35.3 Å². The van der Waals surface area contributed by atoms with Gasteiger partial charge >= 0.3 is 0 Å². The van der Waals surface area contributed by atoms with Crippen molar-refractivity contribution in [2.45, 2.75) is 6.54 Å². The van der Waals surface area contributed by atoms with Crippen LogP contribution in [0.15, 0.2) is 40.8 Å². The zero-order valence-electron chi connectivity index (χ0n) is 9.86. The van der Waals surface area contributed by atoms with E-state index in [1.807, 2.05) is 24.3 Å². The second kappa shape index (κ2) is 4.85. The van der Waals surface area contributed by atoms with Crippen molar-refractivity contribution in [3.8, 4) is 11.5 Å². The quantitative estimate of drug-likeness (QED) is 0.768. The number of fused-ring (bicyclic) bond motifs is 1. The molecule has 3 nitrogen and oxygen atoms in total. The Kier molecular flexibility index (Phi) is 3.19. The Balaban J connectivity index is 2.12. The van der Waals surface area contributed by atoms with Gasteiger partial charge in [-0.15, -0.1) is 0 Å². The fourth-order valence-corrected chi connectivity index (χ4v) is 2.39. The highest BCUT2D eigenvalue weighted by molar-refractivity contribution is 6.38. The highest BCUT2D eigenvalue weighted by Gasteiger charge is 2.11. The second-order valence-electron chi connectivity index (χ2n) is 4.16. The van der Waals surface area contributed by atoms with Crippen molar-refractivity contribution in [3.63, 3.8) is 0 Å². The molecule has 0 fully saturated rings. The average molecular weight is 293 g/mol. The first-order valence-electron chi connectivity index (χ1n) is 5.72. The van der Waals surface area contributed by atoms with E-state index in [-0.39, 0.29) is 0 Å². The monoisotopic (exact) mass is 292 g/mol. The molecule has 19 heavy (non-hydrogen) atoms. The van der Waals surface area contributed by atoms with Gasteiger partial charge in [0.1, 0.15) is 5.52 Å². The standard InChI is InChI=1S/C14H10Cl2N2O/c15-10-5-11(16)13-12(6-10)18-14(19-13)9-3-1-8(7-17)2-4-9/h1-6H,7,17H2. The van der Waals surface area contributed by atoms with Gasteiger partial charge in [0.15, 0.2) is 5.58 Å². The lowest BCUT2D eigenvalue weighted by Crippen LogP contribution is -1.95. The van der Waals surface area contributed by atoms with Crippen LogP contribution in [0.3, 0.4) is 0 Å². The lowest BCUT2D eigenvalue weighted by atomic mass is 10.1. The van der Waals surface area contributed by atoms with Crippen LogP contribution in [0.5, 0.6) is 0 Å². The summed E-state index contributed by atoms with van der Waals surface area (Å²) in [6.45, 7) is 0.509. The number of halogens is 2. The van der Waals surface area contributed by atoms with Crippen LogP contribution in [0, 0.1) is 0 Å². The normalized spacial score (nSPS) is 11.1. The van der Waals surface area contributed by atoms with E-state index >= 15 is 0 Å². The summed E-state index contributed by atoms with van der Waals surface area (Å²) in [4.78, 5) is 4.39. The summed E-state index contributed by atoms with van der Waals surface area (Å²) >= 11 is 12.0. The maximum Gasteiger partial charge on any atom is 0.227 e. The summed E-state index contributed by atoms with van der Waals surface area (Å²) in [6, 6.07) is 11.1. The Morgan fingerprint density at radius 3 is 2.53 bits per heavy atom. The van der Waals surface area contributed by atoms with Crippen LogP contribution in [0.4, 0.5) is 0 Å². The van der Waals surface area contributed by atoms with Crippen LogP contribution in [0.2, 0.25) is 10.0 Å². The third kappa shape index (κ3) is 2.32. The van der Waals surface area contributed by atoms with Gasteiger partial charge in [0.05, 0.1) is 5.02 Å². The summed E-state index contributed by atoms with van der Waals surface area (Å²) in [5.74, 6) is 0.516. The van der Waals surface area contributed by atoms with Gasteiger partial charge in [0.2, 0.25) is 5.89 Å². The molecule has 0 aliphatic heterocycles. The van der Waals surface area contributed by atoms with E-state index in [0.717, 1.165) is 11.1 Å². The Labute approximate surface area is 119 Å². The lowest BCUT2D eigenvalue weighted by Gasteiger charge is -1.97. The summed E-state index contributed by atoms with van der Waals surface area (Å²) < 4.78 is 5.68. The number of hydrogen-bond acceptors (Lipinski definition) is 3. The van der Waals surface area contributed by atoms with Gasteiger partial charge in [0, 0.05) is 17.1 Å². The van der Waals surface area contributed by atoms with E-state index in [0.29, 0.717) is 33.6 Å². The van der Waals surface area contributed by atoms with Gasteiger partial charge in [-0.05, 0) is 29.8 Å². The lowest BCUT2D eigenvalue weighted by molar-refractivity contribution is 0.620. The number of oxazole rings is 1. The first-order chi connectivity index (χ1) is 9.17. The molecule has 0 saturated carbocycles. The number of rotatable bonds is 2. The van der Waals surface area contributed by atoms with Gasteiger partial charge < -0.3 is 10.2 Å². The summed E-state index contributed by atoms with van der Waals surface area (Å²) in [7, 11) is 0. The fourth-order valence-electron chi connectivity index (χ4n) is 1.87. The van der Waals surface area contributed by atoms with Crippen molar-refractivity contribution in [3.05, 3.63) is 52.0 Å². The minimum absolute atomic E-state index is 0.458. The van der Waals surface area contributed by atoms with E-state index in [4.69, 9.17) is 33.4 Å². The number of hydrogen-bond donors (Lipinski definition) is 1. The molecule has 5 heteroatoms. The minimum Gasteiger partial charge on any atom is -0.435 e. The molecule has 0 unspecified atom stereocenters. The zero-order valence-corrected chi connectivity index (χ0v) is 11.4. The van der Waals surface area contributed by atoms with Crippen molar-refractivity contribution in [2.75, 3.05) is 0 Å². The molecule has 3 rings (SSSR count). The van der Waals surface area contributed by atoms with Gasteiger partial charge in [-0.3, -0.25) is 0 Å².